The van der Waals surface area contributed by atoms with E-state index in [1.807, 2.05) is 11.3 Å². The van der Waals surface area contributed by atoms with Gasteiger partial charge in [-0.1, -0.05) is 129 Å². The van der Waals surface area contributed by atoms with Gasteiger partial charge in [0.15, 0.2) is 0 Å². The van der Waals surface area contributed by atoms with E-state index in [9.17, 15) is 0 Å². The number of aryl methyl sites for hydroxylation is 2. The molecule has 0 saturated carbocycles. The summed E-state index contributed by atoms with van der Waals surface area (Å²) in [5.74, 6) is 0. The highest BCUT2D eigenvalue weighted by Gasteiger charge is 2.37. The van der Waals surface area contributed by atoms with Crippen LogP contribution in [-0.2, 0) is 5.41 Å². The molecule has 1 nitrogen and oxygen atoms in total. The summed E-state index contributed by atoms with van der Waals surface area (Å²) in [6.45, 7) is 9.16. The third-order valence-electron chi connectivity index (χ3n) is 13.3. The summed E-state index contributed by atoms with van der Waals surface area (Å²) in [4.78, 5) is 2.41. The second kappa shape index (κ2) is 13.5. The third-order valence-corrected chi connectivity index (χ3v) is 14.4. The Bertz CT molecular complexity index is 3560. The van der Waals surface area contributed by atoms with Gasteiger partial charge in [-0.05, 0) is 175 Å². The molecule has 61 heavy (non-hydrogen) atoms. The largest absolute Gasteiger partial charge is 0.310 e. The average molecular weight is 798 g/mol. The molecule has 0 unspecified atom stereocenters. The van der Waals surface area contributed by atoms with Crippen molar-refractivity contribution in [2.24, 2.45) is 0 Å². The van der Waals surface area contributed by atoms with Crippen LogP contribution in [0.1, 0.15) is 36.1 Å². The monoisotopic (exact) mass is 797 g/mol. The number of benzene rings is 10. The molecule has 10 aromatic carbocycles. The summed E-state index contributed by atoms with van der Waals surface area (Å²) in [6, 6.07) is 70.8. The summed E-state index contributed by atoms with van der Waals surface area (Å²) < 4.78 is 2.66. The lowest BCUT2D eigenvalue weighted by molar-refractivity contribution is 0.660. The summed E-state index contributed by atoms with van der Waals surface area (Å²) in [6.07, 6.45) is 0. The molecule has 1 aromatic heterocycles. The molecule has 0 saturated heterocycles. The molecule has 0 amide bonds. The van der Waals surface area contributed by atoms with Crippen LogP contribution in [0.3, 0.4) is 0 Å². The van der Waals surface area contributed by atoms with Crippen LogP contribution >= 0.6 is 11.3 Å². The maximum atomic E-state index is 2.51. The van der Waals surface area contributed by atoms with Crippen molar-refractivity contribution in [3.05, 3.63) is 210 Å². The minimum atomic E-state index is -0.224. The van der Waals surface area contributed by atoms with E-state index >= 15 is 0 Å². The maximum absolute atomic E-state index is 2.51. The van der Waals surface area contributed by atoms with Gasteiger partial charge in [-0.15, -0.1) is 11.3 Å². The highest BCUT2D eigenvalue weighted by atomic mass is 32.1. The van der Waals surface area contributed by atoms with Crippen LogP contribution in [0.4, 0.5) is 17.1 Å². The minimum absolute atomic E-state index is 0.224. The van der Waals surface area contributed by atoms with E-state index in [1.54, 1.807) is 0 Å². The van der Waals surface area contributed by atoms with Crippen LogP contribution in [0.5, 0.6) is 0 Å². The van der Waals surface area contributed by atoms with Gasteiger partial charge >= 0.3 is 0 Å². The molecular weight excluding hydrogens is 755 g/mol. The predicted molar refractivity (Wildman–Crippen MR) is 264 cm³/mol. The third kappa shape index (κ3) is 5.59. The van der Waals surface area contributed by atoms with E-state index in [0.717, 1.165) is 0 Å². The quantitative estimate of drug-likeness (QED) is 0.157. The molecule has 1 heterocycles. The van der Waals surface area contributed by atoms with Crippen LogP contribution < -0.4 is 4.90 Å². The van der Waals surface area contributed by atoms with Crippen molar-refractivity contribution in [3.63, 3.8) is 0 Å². The van der Waals surface area contributed by atoms with Crippen LogP contribution in [0.2, 0.25) is 0 Å². The average Bonchev–Trinajstić information content (AvgIpc) is 3.75. The normalized spacial score (nSPS) is 13.0. The second-order valence-electron chi connectivity index (χ2n) is 17.5. The lowest BCUT2D eigenvalue weighted by atomic mass is 9.80. The first kappa shape index (κ1) is 35.9. The second-order valence-corrected chi connectivity index (χ2v) is 18.6. The number of fused-ring (bicyclic) bond motifs is 9. The molecule has 290 valence electrons. The van der Waals surface area contributed by atoms with Crippen LogP contribution in [-0.4, -0.2) is 0 Å². The van der Waals surface area contributed by atoms with Crippen LogP contribution in [0.15, 0.2) is 188 Å². The van der Waals surface area contributed by atoms with Gasteiger partial charge in [0.05, 0.1) is 0 Å². The van der Waals surface area contributed by atoms with Gasteiger partial charge in [-0.25, -0.2) is 0 Å². The molecule has 0 N–H and O–H groups in total. The van der Waals surface area contributed by atoms with Gasteiger partial charge in [-0.3, -0.25) is 0 Å². The van der Waals surface area contributed by atoms with Crippen molar-refractivity contribution < 1.29 is 0 Å². The lowest BCUT2D eigenvalue weighted by Crippen LogP contribution is -2.16. The zero-order chi connectivity index (χ0) is 41.0. The molecule has 1 aliphatic carbocycles. The topological polar surface area (TPSA) is 3.24 Å². The number of rotatable bonds is 5. The number of hydrogen-bond donors (Lipinski definition) is 0. The lowest BCUT2D eigenvalue weighted by Gasteiger charge is -2.28. The number of thiophene rings is 1. The fourth-order valence-electron chi connectivity index (χ4n) is 10.4. The van der Waals surface area contributed by atoms with E-state index in [4.69, 9.17) is 0 Å². The minimum Gasteiger partial charge on any atom is -0.310 e. The fraction of sp³-hybridized carbons (Fsp3) is 0.0847. The van der Waals surface area contributed by atoms with E-state index in [1.165, 1.54) is 125 Å². The van der Waals surface area contributed by atoms with Gasteiger partial charge in [-0.2, -0.15) is 0 Å². The van der Waals surface area contributed by atoms with E-state index in [-0.39, 0.29) is 5.41 Å². The Morgan fingerprint density at radius 2 is 0.885 bits per heavy atom. The summed E-state index contributed by atoms with van der Waals surface area (Å²) in [5.41, 5.74) is 16.2. The van der Waals surface area contributed by atoms with E-state index < -0.39 is 0 Å². The van der Waals surface area contributed by atoms with Crippen molar-refractivity contribution in [1.82, 2.24) is 0 Å². The fourth-order valence-corrected chi connectivity index (χ4v) is 11.5. The van der Waals surface area contributed by atoms with Crippen molar-refractivity contribution in [2.75, 3.05) is 4.90 Å². The Labute approximate surface area is 360 Å². The zero-order valence-corrected chi connectivity index (χ0v) is 35.6. The van der Waals surface area contributed by atoms with Gasteiger partial charge < -0.3 is 4.90 Å². The Hall–Kier alpha value is -7.00. The molecule has 2 heteroatoms. The van der Waals surface area contributed by atoms with Crippen molar-refractivity contribution in [3.8, 4) is 33.4 Å². The highest BCUT2D eigenvalue weighted by Crippen LogP contribution is 2.53. The Balaban J connectivity index is 1.06. The van der Waals surface area contributed by atoms with E-state index in [0.29, 0.717) is 0 Å². The summed E-state index contributed by atoms with van der Waals surface area (Å²) >= 11 is 1.88. The van der Waals surface area contributed by atoms with Crippen molar-refractivity contribution >= 4 is 80.9 Å². The molecule has 1 aliphatic rings. The Morgan fingerprint density at radius 1 is 0.377 bits per heavy atom. The van der Waals surface area contributed by atoms with Gasteiger partial charge in [0.25, 0.3) is 0 Å². The zero-order valence-electron chi connectivity index (χ0n) is 34.8. The first-order chi connectivity index (χ1) is 29.8. The van der Waals surface area contributed by atoms with Gasteiger partial charge in [0.2, 0.25) is 0 Å². The molecule has 11 aromatic rings. The number of hydrogen-bond acceptors (Lipinski definition) is 2. The Kier molecular flexibility index (Phi) is 7.95. The Morgan fingerprint density at radius 3 is 1.52 bits per heavy atom. The summed E-state index contributed by atoms with van der Waals surface area (Å²) in [5, 5.41) is 10.3. The highest BCUT2D eigenvalue weighted by molar-refractivity contribution is 7.25. The van der Waals surface area contributed by atoms with Crippen molar-refractivity contribution in [2.45, 2.75) is 33.1 Å². The number of nitrogens with zero attached hydrogens (tertiary/aromatic N) is 1. The molecular formula is C59H43NS. The van der Waals surface area contributed by atoms with Gasteiger partial charge in [0, 0.05) is 42.6 Å². The van der Waals surface area contributed by atoms with Gasteiger partial charge in [0.1, 0.15) is 0 Å². The molecule has 0 bridgehead atoms. The first-order valence-electron chi connectivity index (χ1n) is 21.3. The predicted octanol–water partition coefficient (Wildman–Crippen LogP) is 17.2. The molecule has 0 atom stereocenters. The SMILES string of the molecule is Cc1cccc(N(c2cccc(C)c2)c2ccc3c(c2)C(C)(C)c2cc(-c4c5ccccc5c(-c5ccc6sc7ccccc7c6c5)c5cc6ccccc6cc45)ccc2-3)c1. The molecule has 12 rings (SSSR count). The van der Waals surface area contributed by atoms with E-state index in [2.05, 4.69) is 221 Å². The molecule has 0 spiro atoms. The smallest absolute Gasteiger partial charge is 0.0465 e. The van der Waals surface area contributed by atoms with Crippen molar-refractivity contribution in [1.29, 1.82) is 0 Å². The van der Waals surface area contributed by atoms with Crippen LogP contribution in [0.25, 0.3) is 85.9 Å². The molecule has 0 fully saturated rings. The number of anilines is 3. The molecule has 0 radical (unpaired) electrons. The molecule has 0 aliphatic heterocycles. The summed E-state index contributed by atoms with van der Waals surface area (Å²) in [7, 11) is 0. The maximum Gasteiger partial charge on any atom is 0.0465 e. The standard InChI is InChI=1S/C59H43NS/c1-36-13-11-17-42(29-36)60(43-18-12-14-37(2)30-43)44-25-27-46-45-26-23-41(34-53(45)59(3,4)54(46)35-44)58-49-21-8-7-20-48(49)57(51-31-38-15-5-6-16-39(38)32-52(51)58)40-24-28-56-50(33-40)47-19-9-10-22-55(47)61-56/h5-35H,1-4H3. The first-order valence-corrected chi connectivity index (χ1v) is 22.1. The van der Waals surface area contributed by atoms with Crippen LogP contribution in [0, 0.1) is 13.8 Å².